The number of ether oxygens (including phenoxy) is 3. The van der Waals surface area contributed by atoms with Gasteiger partial charge in [0.1, 0.15) is 29.8 Å². The van der Waals surface area contributed by atoms with E-state index in [4.69, 9.17) is 24.2 Å². The highest BCUT2D eigenvalue weighted by atomic mass is 16.5. The summed E-state index contributed by atoms with van der Waals surface area (Å²) in [4.78, 5) is 73.5. The van der Waals surface area contributed by atoms with Crippen LogP contribution in [0.25, 0.3) is 44.2 Å². The van der Waals surface area contributed by atoms with Crippen molar-refractivity contribution in [1.29, 1.82) is 0 Å². The van der Waals surface area contributed by atoms with E-state index in [1.807, 2.05) is 22.1 Å². The topological polar surface area (TPSA) is 184 Å². The number of alkyl carbamates (subject to hydrolysis) is 2. The van der Waals surface area contributed by atoms with E-state index >= 15 is 0 Å². The summed E-state index contributed by atoms with van der Waals surface area (Å²) in [5.74, 6) is 1.35. The van der Waals surface area contributed by atoms with E-state index in [1.54, 1.807) is 0 Å². The smallest absolute Gasteiger partial charge is 0.407 e. The Labute approximate surface area is 367 Å². The predicted octanol–water partition coefficient (Wildman–Crippen LogP) is 7.95. The fourth-order valence-electron chi connectivity index (χ4n) is 10.4. The Kier molecular flexibility index (Phi) is 12.6. The lowest BCUT2D eigenvalue weighted by molar-refractivity contribution is -0.144. The molecule has 332 valence electrons. The molecule has 4 heterocycles. The first kappa shape index (κ1) is 42.3. The average Bonchev–Trinajstić information content (AvgIpc) is 4.13. The number of methoxy groups -OCH3 is 2. The molecule has 5 aromatic rings. The van der Waals surface area contributed by atoms with Crippen LogP contribution in [0.4, 0.5) is 9.59 Å². The van der Waals surface area contributed by atoms with Gasteiger partial charge in [-0.25, -0.2) is 19.6 Å². The van der Waals surface area contributed by atoms with E-state index in [0.717, 1.165) is 127 Å². The Bertz CT molecular complexity index is 2450. The molecule has 2 saturated heterocycles. The first-order valence-corrected chi connectivity index (χ1v) is 22.7. The van der Waals surface area contributed by atoms with Crippen LogP contribution in [-0.2, 0) is 23.8 Å². The second-order valence-electron chi connectivity index (χ2n) is 17.6. The zero-order valence-electron chi connectivity index (χ0n) is 36.2. The van der Waals surface area contributed by atoms with E-state index < -0.39 is 30.3 Å². The molecule has 2 aliphatic carbocycles. The fourth-order valence-corrected chi connectivity index (χ4v) is 10.4. The molecule has 2 saturated carbocycles. The molecule has 4 N–H and O–H groups in total. The zero-order chi connectivity index (χ0) is 43.5. The quantitative estimate of drug-likeness (QED) is 0.108. The molecule has 63 heavy (non-hydrogen) atoms. The molecule has 0 unspecified atom stereocenters. The van der Waals surface area contributed by atoms with Gasteiger partial charge in [0, 0.05) is 18.7 Å². The molecule has 0 spiro atoms. The number of carbonyl (C=O) groups is 4. The first-order valence-electron chi connectivity index (χ1n) is 22.7. The Morgan fingerprint density at radius 1 is 0.667 bits per heavy atom. The highest BCUT2D eigenvalue weighted by Gasteiger charge is 2.41. The van der Waals surface area contributed by atoms with Gasteiger partial charge in [-0.05, 0) is 96.5 Å². The summed E-state index contributed by atoms with van der Waals surface area (Å²) in [6.45, 7) is 1.73. The molecule has 4 amide bonds. The maximum absolute atomic E-state index is 14.2. The van der Waals surface area contributed by atoms with Crippen molar-refractivity contribution in [2.75, 3.05) is 40.5 Å². The second-order valence-corrected chi connectivity index (χ2v) is 17.6. The number of benzene rings is 3. The van der Waals surface area contributed by atoms with E-state index in [9.17, 15) is 19.2 Å². The van der Waals surface area contributed by atoms with Crippen molar-refractivity contribution in [2.45, 2.75) is 101 Å². The molecule has 4 fully saturated rings. The number of likely N-dealkylation sites (tertiary alicyclic amines) is 1. The Morgan fingerprint density at radius 3 is 1.90 bits per heavy atom. The Morgan fingerprint density at radius 2 is 1.25 bits per heavy atom. The molecular weight excluding hydrogens is 801 g/mol. The molecule has 4 atom stereocenters. The monoisotopic (exact) mass is 858 g/mol. The standard InChI is InChI=1S/C48H58N8O7/c1-61-47(59)53-41(29-10-5-3-6-11-29)45(57)55-21-9-14-39(55)43-49-27-38(52-43)35-18-17-31-24-32(15-16-33(31)25-35)34-19-20-36-37(26-34)51-44(50-36)40-28-63-23-22-56(40)46(58)42(54-48(60)62-2)30-12-7-4-8-13-30/h15-20,24-27,29-30,39-42H,3-14,21-23,28H2,1-2H3,(H,49,52)(H,50,51)(H,53,59)(H,54,60)/t39-,40-,41-,42-/m0/s1. The lowest BCUT2D eigenvalue weighted by Crippen LogP contribution is -2.56. The number of rotatable bonds is 10. The highest BCUT2D eigenvalue weighted by molar-refractivity contribution is 5.92. The van der Waals surface area contributed by atoms with Crippen molar-refractivity contribution in [2.24, 2.45) is 11.8 Å². The highest BCUT2D eigenvalue weighted by Crippen LogP contribution is 2.37. The van der Waals surface area contributed by atoms with Crippen molar-refractivity contribution in [1.82, 2.24) is 40.4 Å². The average molecular weight is 859 g/mol. The number of imidazole rings is 2. The van der Waals surface area contributed by atoms with Crippen LogP contribution in [-0.4, -0.2) is 106 Å². The summed E-state index contributed by atoms with van der Waals surface area (Å²) in [6, 6.07) is 17.0. The van der Waals surface area contributed by atoms with Crippen LogP contribution in [0, 0.1) is 11.8 Å². The van der Waals surface area contributed by atoms with Crippen LogP contribution in [0.15, 0.2) is 60.8 Å². The van der Waals surface area contributed by atoms with Crippen molar-refractivity contribution >= 4 is 45.8 Å². The third-order valence-corrected chi connectivity index (χ3v) is 13.9. The Hall–Kier alpha value is -5.96. The van der Waals surface area contributed by atoms with Gasteiger partial charge in [-0.1, -0.05) is 68.9 Å². The van der Waals surface area contributed by atoms with E-state index in [1.165, 1.54) is 14.2 Å². The molecule has 0 bridgehead atoms. The molecule has 3 aromatic carbocycles. The SMILES string of the molecule is COC(=O)N[C@H](C(=O)N1CCC[C@H]1c1ncc(-c2ccc3cc(-c4ccc5nc([C@@H]6COCCN6C(=O)[C@@H](NC(=O)OC)C6CCCCC6)[nH]c5c4)ccc3c2)[nH]1)C1CCCCC1. The van der Waals surface area contributed by atoms with Crippen LogP contribution < -0.4 is 10.6 Å². The number of hydrogen-bond donors (Lipinski definition) is 4. The maximum atomic E-state index is 14.2. The van der Waals surface area contributed by atoms with E-state index in [2.05, 4.69) is 69.1 Å². The number of carbonyl (C=O) groups excluding carboxylic acids is 4. The van der Waals surface area contributed by atoms with Crippen LogP contribution in [0.1, 0.15) is 101 Å². The molecule has 2 aliphatic heterocycles. The van der Waals surface area contributed by atoms with Gasteiger partial charge in [0.25, 0.3) is 0 Å². The summed E-state index contributed by atoms with van der Waals surface area (Å²) in [6.07, 6.45) is 12.4. The molecular formula is C48H58N8O7. The number of fused-ring (bicyclic) bond motifs is 2. The van der Waals surface area contributed by atoms with Gasteiger partial charge in [-0.2, -0.15) is 0 Å². The number of H-pyrrole nitrogens is 2. The number of hydrogen-bond acceptors (Lipinski definition) is 9. The molecule has 15 heteroatoms. The summed E-state index contributed by atoms with van der Waals surface area (Å²) in [5.41, 5.74) is 5.60. The number of aromatic amines is 2. The molecule has 2 aromatic heterocycles. The van der Waals surface area contributed by atoms with Gasteiger partial charge < -0.3 is 44.6 Å². The van der Waals surface area contributed by atoms with Crippen molar-refractivity contribution < 1.29 is 33.4 Å². The van der Waals surface area contributed by atoms with Crippen LogP contribution in [0.5, 0.6) is 0 Å². The summed E-state index contributed by atoms with van der Waals surface area (Å²) < 4.78 is 15.7. The van der Waals surface area contributed by atoms with Crippen LogP contribution in [0.2, 0.25) is 0 Å². The van der Waals surface area contributed by atoms with Gasteiger partial charge >= 0.3 is 12.2 Å². The van der Waals surface area contributed by atoms with E-state index in [-0.39, 0.29) is 29.7 Å². The molecule has 4 aliphatic rings. The predicted molar refractivity (Wildman–Crippen MR) is 237 cm³/mol. The third-order valence-electron chi connectivity index (χ3n) is 13.9. The summed E-state index contributed by atoms with van der Waals surface area (Å²) in [7, 11) is 2.66. The fraction of sp³-hybridized carbons (Fsp3) is 0.500. The van der Waals surface area contributed by atoms with Crippen molar-refractivity contribution in [3.8, 4) is 22.4 Å². The number of nitrogens with one attached hydrogen (secondary N) is 4. The summed E-state index contributed by atoms with van der Waals surface area (Å²) in [5, 5.41) is 7.90. The Balaban J connectivity index is 0.908. The van der Waals surface area contributed by atoms with Crippen molar-refractivity contribution in [3.63, 3.8) is 0 Å². The summed E-state index contributed by atoms with van der Waals surface area (Å²) >= 11 is 0. The lowest BCUT2D eigenvalue weighted by Gasteiger charge is -2.39. The van der Waals surface area contributed by atoms with Crippen molar-refractivity contribution in [3.05, 3.63) is 72.4 Å². The van der Waals surface area contributed by atoms with Crippen LogP contribution in [0.3, 0.4) is 0 Å². The van der Waals surface area contributed by atoms with Gasteiger partial charge in [0.2, 0.25) is 11.8 Å². The third kappa shape index (κ3) is 8.97. The number of morpholine rings is 1. The minimum absolute atomic E-state index is 0.0503. The minimum atomic E-state index is -0.668. The molecule has 9 rings (SSSR count). The lowest BCUT2D eigenvalue weighted by atomic mass is 9.83. The number of nitrogens with zero attached hydrogens (tertiary/aromatic N) is 4. The van der Waals surface area contributed by atoms with Gasteiger partial charge in [0.15, 0.2) is 0 Å². The molecule has 0 radical (unpaired) electrons. The maximum Gasteiger partial charge on any atom is 0.407 e. The van der Waals surface area contributed by atoms with E-state index in [0.29, 0.717) is 32.1 Å². The van der Waals surface area contributed by atoms with Gasteiger partial charge in [-0.15, -0.1) is 0 Å². The number of aromatic nitrogens is 4. The largest absolute Gasteiger partial charge is 0.453 e. The normalized spacial score (nSPS) is 21.0. The molecule has 15 nitrogen and oxygen atoms in total. The van der Waals surface area contributed by atoms with Gasteiger partial charge in [-0.3, -0.25) is 9.59 Å². The zero-order valence-corrected chi connectivity index (χ0v) is 36.2. The van der Waals surface area contributed by atoms with Crippen LogP contribution >= 0.6 is 0 Å². The number of amides is 4. The second kappa shape index (κ2) is 18.8. The van der Waals surface area contributed by atoms with Gasteiger partial charge in [0.05, 0.1) is 56.4 Å². The first-order chi connectivity index (χ1) is 30.8. The minimum Gasteiger partial charge on any atom is -0.453 e.